The third kappa shape index (κ3) is 6.16. The quantitative estimate of drug-likeness (QED) is 0.226. The normalized spacial score (nSPS) is 11.4. The highest BCUT2D eigenvalue weighted by Crippen LogP contribution is 2.29. The fourth-order valence-corrected chi connectivity index (χ4v) is 3.77. The van der Waals surface area contributed by atoms with Crippen LogP contribution in [-0.2, 0) is 6.42 Å². The van der Waals surface area contributed by atoms with Crippen LogP contribution < -0.4 is 9.47 Å². The third-order valence-electron chi connectivity index (χ3n) is 5.61. The number of oxazole rings is 1. The van der Waals surface area contributed by atoms with E-state index in [0.717, 1.165) is 33.7 Å². The summed E-state index contributed by atoms with van der Waals surface area (Å²) < 4.78 is 52.4. The van der Waals surface area contributed by atoms with Gasteiger partial charge in [0.05, 0.1) is 5.69 Å². The molecule has 0 radical (unpaired) electrons. The summed E-state index contributed by atoms with van der Waals surface area (Å²) in [6.45, 7) is 1.89. The van der Waals surface area contributed by atoms with Gasteiger partial charge in [-0.05, 0) is 78.2 Å². The Morgan fingerprint density at radius 2 is 1.38 bits per heavy atom. The van der Waals surface area contributed by atoms with E-state index in [1.807, 2.05) is 61.7 Å². The number of nitrogens with zero attached hydrogens (tertiary/aromatic N) is 2. The van der Waals surface area contributed by atoms with Gasteiger partial charge in [-0.3, -0.25) is 4.98 Å². The van der Waals surface area contributed by atoms with E-state index < -0.39 is 6.36 Å². The average molecular weight is 502 g/mol. The molecule has 186 valence electrons. The molecule has 5 aromatic rings. The maximum Gasteiger partial charge on any atom is 0.573 e. The van der Waals surface area contributed by atoms with Crippen LogP contribution in [0, 0.1) is 6.92 Å². The van der Waals surface area contributed by atoms with Crippen LogP contribution >= 0.6 is 0 Å². The molecule has 8 heteroatoms. The van der Waals surface area contributed by atoms with Gasteiger partial charge in [-0.1, -0.05) is 30.3 Å². The number of halogens is 3. The zero-order valence-electron chi connectivity index (χ0n) is 19.7. The molecule has 0 spiro atoms. The standard InChI is InChI=1S/C29H21F3N2O3/c1-19-27(34-28(35-19)22-8-6-21(7-9-22)23-3-2-16-33-18-23)17-20-4-10-24(11-5-20)36-25-12-14-26(15-13-25)37-29(30,31)32/h2-16,18H,17H2,1H3. The van der Waals surface area contributed by atoms with Gasteiger partial charge in [0.2, 0.25) is 5.89 Å². The summed E-state index contributed by atoms with van der Waals surface area (Å²) in [5.41, 5.74) is 4.83. The first kappa shape index (κ1) is 24.1. The predicted octanol–water partition coefficient (Wildman–Crippen LogP) is 7.99. The maximum atomic E-state index is 12.3. The lowest BCUT2D eigenvalue weighted by Gasteiger charge is -2.10. The van der Waals surface area contributed by atoms with Crippen molar-refractivity contribution in [3.63, 3.8) is 0 Å². The van der Waals surface area contributed by atoms with Crippen molar-refractivity contribution in [2.24, 2.45) is 0 Å². The molecular weight excluding hydrogens is 481 g/mol. The van der Waals surface area contributed by atoms with Gasteiger partial charge in [0, 0.05) is 24.4 Å². The van der Waals surface area contributed by atoms with E-state index in [2.05, 4.69) is 9.72 Å². The third-order valence-corrected chi connectivity index (χ3v) is 5.61. The average Bonchev–Trinajstić information content (AvgIpc) is 3.26. The molecule has 5 nitrogen and oxygen atoms in total. The molecule has 2 heterocycles. The number of rotatable bonds is 7. The molecule has 0 bridgehead atoms. The Labute approximate surface area is 211 Å². The lowest BCUT2D eigenvalue weighted by Crippen LogP contribution is -2.16. The highest BCUT2D eigenvalue weighted by Gasteiger charge is 2.31. The minimum Gasteiger partial charge on any atom is -0.457 e. The molecule has 37 heavy (non-hydrogen) atoms. The molecule has 0 atom stereocenters. The summed E-state index contributed by atoms with van der Waals surface area (Å²) in [4.78, 5) is 8.86. The minimum atomic E-state index is -4.73. The van der Waals surface area contributed by atoms with E-state index in [0.29, 0.717) is 23.8 Å². The molecule has 0 aliphatic heterocycles. The van der Waals surface area contributed by atoms with Crippen LogP contribution in [0.4, 0.5) is 13.2 Å². The first-order chi connectivity index (χ1) is 17.8. The van der Waals surface area contributed by atoms with Gasteiger partial charge in [0.1, 0.15) is 23.0 Å². The van der Waals surface area contributed by atoms with Crippen molar-refractivity contribution < 1.29 is 27.1 Å². The smallest absolute Gasteiger partial charge is 0.457 e. The van der Waals surface area contributed by atoms with E-state index in [1.54, 1.807) is 18.3 Å². The van der Waals surface area contributed by atoms with Crippen molar-refractivity contribution in [1.82, 2.24) is 9.97 Å². The molecule has 0 aliphatic carbocycles. The SMILES string of the molecule is Cc1oc(-c2ccc(-c3cccnc3)cc2)nc1Cc1ccc(Oc2ccc(OC(F)(F)F)cc2)cc1. The number of aromatic nitrogens is 2. The molecular formula is C29H21F3N2O3. The van der Waals surface area contributed by atoms with E-state index in [4.69, 9.17) is 14.1 Å². The van der Waals surface area contributed by atoms with Crippen molar-refractivity contribution in [3.05, 3.63) is 114 Å². The van der Waals surface area contributed by atoms with E-state index in [-0.39, 0.29) is 5.75 Å². The van der Waals surface area contributed by atoms with Crippen molar-refractivity contribution in [3.8, 4) is 39.8 Å². The van der Waals surface area contributed by atoms with Crippen LogP contribution in [0.5, 0.6) is 17.2 Å². The van der Waals surface area contributed by atoms with Crippen molar-refractivity contribution in [2.45, 2.75) is 19.7 Å². The largest absolute Gasteiger partial charge is 0.573 e. The predicted molar refractivity (Wildman–Crippen MR) is 132 cm³/mol. The van der Waals surface area contributed by atoms with E-state index >= 15 is 0 Å². The van der Waals surface area contributed by atoms with Gasteiger partial charge in [-0.25, -0.2) is 4.98 Å². The second-order valence-electron chi connectivity index (χ2n) is 8.28. The molecule has 0 fully saturated rings. The molecule has 0 saturated carbocycles. The van der Waals surface area contributed by atoms with Crippen molar-refractivity contribution in [2.75, 3.05) is 0 Å². The molecule has 0 saturated heterocycles. The Bertz CT molecular complexity index is 1460. The Morgan fingerprint density at radius 1 is 0.757 bits per heavy atom. The van der Waals surface area contributed by atoms with Gasteiger partial charge in [-0.2, -0.15) is 0 Å². The van der Waals surface area contributed by atoms with Gasteiger partial charge >= 0.3 is 6.36 Å². The van der Waals surface area contributed by atoms with Crippen LogP contribution in [0.1, 0.15) is 17.0 Å². The number of benzene rings is 3. The van der Waals surface area contributed by atoms with Crippen LogP contribution in [0.25, 0.3) is 22.6 Å². The van der Waals surface area contributed by atoms with Gasteiger partial charge in [0.15, 0.2) is 0 Å². The Hall–Kier alpha value is -4.59. The number of aryl methyl sites for hydroxylation is 1. The van der Waals surface area contributed by atoms with Crippen molar-refractivity contribution in [1.29, 1.82) is 0 Å². The topological polar surface area (TPSA) is 57.4 Å². The number of hydrogen-bond donors (Lipinski definition) is 0. The Balaban J connectivity index is 1.23. The summed E-state index contributed by atoms with van der Waals surface area (Å²) in [5, 5.41) is 0. The number of hydrogen-bond acceptors (Lipinski definition) is 5. The summed E-state index contributed by atoms with van der Waals surface area (Å²) in [5.74, 6) is 1.95. The minimum absolute atomic E-state index is 0.304. The second kappa shape index (κ2) is 10.2. The zero-order valence-corrected chi connectivity index (χ0v) is 19.7. The molecule has 0 aliphatic rings. The fourth-order valence-electron chi connectivity index (χ4n) is 3.77. The first-order valence-electron chi connectivity index (χ1n) is 11.4. The van der Waals surface area contributed by atoms with Gasteiger partial charge in [0.25, 0.3) is 0 Å². The second-order valence-corrected chi connectivity index (χ2v) is 8.28. The van der Waals surface area contributed by atoms with Crippen LogP contribution in [0.15, 0.2) is 102 Å². The highest BCUT2D eigenvalue weighted by atomic mass is 19.4. The number of alkyl halides is 3. The van der Waals surface area contributed by atoms with E-state index in [1.165, 1.54) is 24.3 Å². The van der Waals surface area contributed by atoms with Crippen molar-refractivity contribution >= 4 is 0 Å². The fraction of sp³-hybridized carbons (Fsp3) is 0.103. The molecule has 0 amide bonds. The maximum absolute atomic E-state index is 12.3. The lowest BCUT2D eigenvalue weighted by atomic mass is 10.1. The summed E-state index contributed by atoms with van der Waals surface area (Å²) in [6.07, 6.45) is -0.588. The molecule has 5 rings (SSSR count). The van der Waals surface area contributed by atoms with E-state index in [9.17, 15) is 13.2 Å². The lowest BCUT2D eigenvalue weighted by molar-refractivity contribution is -0.274. The first-order valence-corrected chi connectivity index (χ1v) is 11.4. The zero-order chi connectivity index (χ0) is 25.8. The molecule has 0 unspecified atom stereocenters. The molecule has 2 aromatic heterocycles. The summed E-state index contributed by atoms with van der Waals surface area (Å²) >= 11 is 0. The highest BCUT2D eigenvalue weighted by molar-refractivity contribution is 5.66. The van der Waals surface area contributed by atoms with Crippen LogP contribution in [0.3, 0.4) is 0 Å². The summed E-state index contributed by atoms with van der Waals surface area (Å²) in [6, 6.07) is 24.5. The van der Waals surface area contributed by atoms with Gasteiger partial charge < -0.3 is 13.9 Å². The van der Waals surface area contributed by atoms with Crippen LogP contribution in [0.2, 0.25) is 0 Å². The van der Waals surface area contributed by atoms with Gasteiger partial charge in [-0.15, -0.1) is 13.2 Å². The number of pyridine rings is 1. The summed E-state index contributed by atoms with van der Waals surface area (Å²) in [7, 11) is 0. The monoisotopic (exact) mass is 502 g/mol. The Kier molecular flexibility index (Phi) is 6.64. The number of ether oxygens (including phenoxy) is 2. The van der Waals surface area contributed by atoms with Crippen LogP contribution in [-0.4, -0.2) is 16.3 Å². The molecule has 3 aromatic carbocycles. The molecule has 0 N–H and O–H groups in total. The Morgan fingerprint density at radius 3 is 2.00 bits per heavy atom.